The smallest absolute Gasteiger partial charge is 0.196 e. The summed E-state index contributed by atoms with van der Waals surface area (Å²) in [4.78, 5) is 8.94. The summed E-state index contributed by atoms with van der Waals surface area (Å²) in [7, 11) is 0. The van der Waals surface area contributed by atoms with Crippen LogP contribution in [0.5, 0.6) is 0 Å². The molecule has 250 valence electrons. The first-order chi connectivity index (χ1) is 26.7. The number of para-hydroxylation sites is 4. The molecule has 0 amide bonds. The highest BCUT2D eigenvalue weighted by molar-refractivity contribution is 6.11. The fraction of sp³-hybridized carbons (Fsp3) is 0. The van der Waals surface area contributed by atoms with Gasteiger partial charge in [-0.25, -0.2) is 9.83 Å². The predicted molar refractivity (Wildman–Crippen MR) is 220 cm³/mol. The Kier molecular flexibility index (Phi) is 7.18. The minimum Gasteiger partial charge on any atom is -0.309 e. The Labute approximate surface area is 311 Å². The Morgan fingerprint density at radius 1 is 0.463 bits per heavy atom. The summed E-state index contributed by atoms with van der Waals surface area (Å²) in [6.07, 6.45) is 0. The normalized spacial score (nSPS) is 11.3. The van der Waals surface area contributed by atoms with Crippen molar-refractivity contribution >= 4 is 49.3 Å². The fourth-order valence-corrected chi connectivity index (χ4v) is 7.92. The lowest BCUT2D eigenvalue weighted by molar-refractivity contribution is 1.18. The fourth-order valence-electron chi connectivity index (χ4n) is 7.92. The molecule has 0 unspecified atom stereocenters. The van der Waals surface area contributed by atoms with Crippen LogP contribution in [0.2, 0.25) is 0 Å². The highest BCUT2D eigenvalue weighted by Crippen LogP contribution is 2.39. The number of benzene rings is 7. The summed E-state index contributed by atoms with van der Waals surface area (Å²) in [6.45, 7) is 7.77. The maximum absolute atomic E-state index is 9.78. The molecule has 0 aliphatic carbocycles. The predicted octanol–water partition coefficient (Wildman–Crippen LogP) is 12.7. The Balaban J connectivity index is 1.24. The zero-order valence-electron chi connectivity index (χ0n) is 29.0. The molecule has 0 saturated heterocycles. The second kappa shape index (κ2) is 12.5. The topological polar surface area (TPSA) is 50.9 Å². The van der Waals surface area contributed by atoms with E-state index in [1.165, 1.54) is 10.8 Å². The van der Waals surface area contributed by atoms with Crippen molar-refractivity contribution in [3.8, 4) is 51.1 Å². The van der Waals surface area contributed by atoms with Gasteiger partial charge in [-0.3, -0.25) is 0 Å². The number of hydrogen-bond donors (Lipinski definition) is 0. The quantitative estimate of drug-likeness (QED) is 0.169. The lowest BCUT2D eigenvalue weighted by Crippen LogP contribution is -1.97. The zero-order valence-corrected chi connectivity index (χ0v) is 29.0. The van der Waals surface area contributed by atoms with Gasteiger partial charge < -0.3 is 9.13 Å². The first kappa shape index (κ1) is 31.0. The van der Waals surface area contributed by atoms with E-state index < -0.39 is 0 Å². The van der Waals surface area contributed by atoms with Gasteiger partial charge >= 0.3 is 0 Å². The van der Waals surface area contributed by atoms with E-state index in [0.29, 0.717) is 11.3 Å². The molecule has 0 atom stereocenters. The molecule has 0 N–H and O–H groups in total. The van der Waals surface area contributed by atoms with Crippen LogP contribution in [-0.4, -0.2) is 14.1 Å². The molecule has 0 spiro atoms. The van der Waals surface area contributed by atoms with Crippen LogP contribution < -0.4 is 0 Å². The van der Waals surface area contributed by atoms with Crippen LogP contribution in [0.15, 0.2) is 176 Å². The van der Waals surface area contributed by atoms with Crippen LogP contribution in [0.1, 0.15) is 5.56 Å². The molecular weight excluding hydrogens is 659 g/mol. The maximum Gasteiger partial charge on any atom is 0.196 e. The van der Waals surface area contributed by atoms with Gasteiger partial charge in [0.1, 0.15) is 0 Å². The van der Waals surface area contributed by atoms with E-state index in [2.05, 4.69) is 123 Å². The molecule has 0 saturated carbocycles. The van der Waals surface area contributed by atoms with E-state index in [-0.39, 0.29) is 0 Å². The average Bonchev–Trinajstić information content (AvgIpc) is 3.76. The first-order valence-corrected chi connectivity index (χ1v) is 17.8. The van der Waals surface area contributed by atoms with Gasteiger partial charge in [0.15, 0.2) is 5.69 Å². The second-order valence-corrected chi connectivity index (χ2v) is 13.4. The van der Waals surface area contributed by atoms with Gasteiger partial charge in [-0.05, 0) is 96.1 Å². The minimum atomic E-state index is 0.571. The summed E-state index contributed by atoms with van der Waals surface area (Å²) in [5, 5.41) is 14.3. The van der Waals surface area contributed by atoms with Crippen molar-refractivity contribution in [1.82, 2.24) is 14.1 Å². The summed E-state index contributed by atoms with van der Waals surface area (Å²) in [6, 6.07) is 62.8. The number of fused-ring (bicyclic) bond motifs is 6. The van der Waals surface area contributed by atoms with E-state index in [0.717, 1.165) is 77.9 Å². The number of nitriles is 1. The first-order valence-electron chi connectivity index (χ1n) is 17.8. The molecular formula is C49H29N5. The molecule has 5 heteroatoms. The monoisotopic (exact) mass is 687 g/mol. The molecule has 0 fully saturated rings. The number of aromatic nitrogens is 3. The molecule has 0 aliphatic rings. The lowest BCUT2D eigenvalue weighted by Gasteiger charge is -2.15. The van der Waals surface area contributed by atoms with Crippen molar-refractivity contribution in [2.24, 2.45) is 0 Å². The van der Waals surface area contributed by atoms with Crippen molar-refractivity contribution in [2.75, 3.05) is 0 Å². The third-order valence-corrected chi connectivity index (χ3v) is 10.3. The van der Waals surface area contributed by atoms with E-state index in [9.17, 15) is 5.26 Å². The highest BCUT2D eigenvalue weighted by atomic mass is 15.0. The van der Waals surface area contributed by atoms with Crippen LogP contribution in [0.4, 0.5) is 5.69 Å². The van der Waals surface area contributed by atoms with Gasteiger partial charge in [-0.1, -0.05) is 91.0 Å². The molecule has 0 aliphatic heterocycles. The lowest BCUT2D eigenvalue weighted by atomic mass is 9.98. The molecule has 10 rings (SSSR count). The summed E-state index contributed by atoms with van der Waals surface area (Å²) in [5.74, 6) is 0. The number of hydrogen-bond acceptors (Lipinski definition) is 2. The van der Waals surface area contributed by atoms with E-state index in [1.807, 2.05) is 72.8 Å². The molecule has 3 aromatic heterocycles. The molecule has 5 nitrogen and oxygen atoms in total. The van der Waals surface area contributed by atoms with Crippen molar-refractivity contribution in [3.63, 3.8) is 0 Å². The van der Waals surface area contributed by atoms with Crippen molar-refractivity contribution in [2.45, 2.75) is 0 Å². The average molecular weight is 688 g/mol. The number of nitrogens with zero attached hydrogens (tertiary/aromatic N) is 5. The Bertz CT molecular complexity index is 3190. The van der Waals surface area contributed by atoms with Gasteiger partial charge in [0.05, 0.1) is 51.7 Å². The van der Waals surface area contributed by atoms with Gasteiger partial charge in [0.25, 0.3) is 0 Å². The largest absolute Gasteiger partial charge is 0.309 e. The molecule has 3 heterocycles. The maximum atomic E-state index is 9.78. The van der Waals surface area contributed by atoms with Crippen LogP contribution in [0.25, 0.3) is 93.5 Å². The van der Waals surface area contributed by atoms with E-state index >= 15 is 0 Å². The molecule has 7 aromatic carbocycles. The highest BCUT2D eigenvalue weighted by Gasteiger charge is 2.18. The standard InChI is InChI=1S/C49H29N5/c1-51-44-17-8-5-16-40(44)45-19-11-18-43(52-45)35-27-34(28-37(29-35)54-47-21-10-6-14-38(47)41-26-32(31-50)22-24-48(41)54)33-23-25-49-42(30-33)39-15-7-9-20-46(39)53(49)36-12-3-2-4-13-36/h2-30H. The van der Waals surface area contributed by atoms with E-state index in [4.69, 9.17) is 11.6 Å². The van der Waals surface area contributed by atoms with E-state index in [1.54, 1.807) is 0 Å². The molecule has 10 aromatic rings. The SMILES string of the molecule is [C-]#[N+]c1ccccc1-c1cccc(-c2cc(-c3ccc4c(c3)c3ccccc3n4-c3ccccc3)cc(-n3c4ccccc4c4cc(C#N)ccc43)c2)n1. The minimum absolute atomic E-state index is 0.571. The summed E-state index contributed by atoms with van der Waals surface area (Å²) >= 11 is 0. The van der Waals surface area contributed by atoms with Crippen molar-refractivity contribution < 1.29 is 0 Å². The third kappa shape index (κ3) is 4.96. The van der Waals surface area contributed by atoms with Crippen LogP contribution in [-0.2, 0) is 0 Å². The van der Waals surface area contributed by atoms with Crippen molar-refractivity contribution in [3.05, 3.63) is 193 Å². The van der Waals surface area contributed by atoms with Crippen molar-refractivity contribution in [1.29, 1.82) is 5.26 Å². The Morgan fingerprint density at radius 3 is 1.83 bits per heavy atom. The Morgan fingerprint density at radius 2 is 1.07 bits per heavy atom. The molecule has 54 heavy (non-hydrogen) atoms. The second-order valence-electron chi connectivity index (χ2n) is 13.4. The van der Waals surface area contributed by atoms with Crippen LogP contribution >= 0.6 is 0 Å². The van der Waals surface area contributed by atoms with Gasteiger partial charge in [-0.2, -0.15) is 5.26 Å². The van der Waals surface area contributed by atoms with Crippen LogP contribution in [0.3, 0.4) is 0 Å². The summed E-state index contributed by atoms with van der Waals surface area (Å²) < 4.78 is 4.62. The number of rotatable bonds is 5. The Hall–Kier alpha value is -7.73. The molecule has 0 bridgehead atoms. The van der Waals surface area contributed by atoms with Gasteiger partial charge in [0.2, 0.25) is 0 Å². The number of pyridine rings is 1. The van der Waals surface area contributed by atoms with Gasteiger partial charge in [0, 0.05) is 44.0 Å². The molecule has 0 radical (unpaired) electrons. The summed E-state index contributed by atoms with van der Waals surface area (Å²) in [5.41, 5.74) is 13.1. The third-order valence-electron chi connectivity index (χ3n) is 10.3. The van der Waals surface area contributed by atoms with Gasteiger partial charge in [-0.15, -0.1) is 0 Å². The van der Waals surface area contributed by atoms with Crippen LogP contribution in [0, 0.1) is 17.9 Å². The zero-order chi connectivity index (χ0) is 36.2.